The zero-order chi connectivity index (χ0) is 52.0. The minimum Gasteiger partial charge on any atom is -0.387 e. The number of amides is 1. The summed E-state index contributed by atoms with van der Waals surface area (Å²) in [6.07, 6.45) is 69.8. The highest BCUT2D eigenvalue weighted by Gasteiger charge is 2.27. The first-order valence-electron chi connectivity index (χ1n) is 30.9. The van der Waals surface area contributed by atoms with Crippen molar-refractivity contribution in [3.05, 3.63) is 36.5 Å². The molecule has 3 atom stereocenters. The summed E-state index contributed by atoms with van der Waals surface area (Å²) in [5.74, 6) is -0.184. The molecule has 420 valence electrons. The van der Waals surface area contributed by atoms with E-state index in [1.165, 1.54) is 244 Å². The first-order chi connectivity index (χ1) is 34.5. The highest BCUT2D eigenvalue weighted by molar-refractivity contribution is 7.47. The predicted octanol–water partition coefficient (Wildman–Crippen LogP) is 18.9. The number of phosphoric ester groups is 1. The summed E-state index contributed by atoms with van der Waals surface area (Å²) in [5.41, 5.74) is 0. The molecule has 0 saturated carbocycles. The van der Waals surface area contributed by atoms with Crippen LogP contribution in [0.15, 0.2) is 36.5 Å². The van der Waals surface area contributed by atoms with Crippen LogP contribution in [0.2, 0.25) is 0 Å². The SMILES string of the molecule is CCCCCCCCCC/C=C\CCCCCCCCCCCCCC(=O)NC(COP(=O)(O)OCC[N+](C)(C)C)C(O)/C=C/CC/C=C/CCCCCCCCCCCCCCCCCCCCCC. The Labute approximate surface area is 442 Å². The summed E-state index contributed by atoms with van der Waals surface area (Å²) < 4.78 is 23.7. The van der Waals surface area contributed by atoms with E-state index >= 15 is 0 Å². The number of hydrogen-bond donors (Lipinski definition) is 3. The van der Waals surface area contributed by atoms with E-state index in [2.05, 4.69) is 43.5 Å². The summed E-state index contributed by atoms with van der Waals surface area (Å²) >= 11 is 0. The molecule has 71 heavy (non-hydrogen) atoms. The van der Waals surface area contributed by atoms with Gasteiger partial charge in [-0.25, -0.2) is 4.57 Å². The number of carbonyl (C=O) groups is 1. The van der Waals surface area contributed by atoms with E-state index in [1.807, 2.05) is 27.2 Å². The normalized spacial score (nSPS) is 14.1. The van der Waals surface area contributed by atoms with Crippen LogP contribution in [-0.2, 0) is 18.4 Å². The lowest BCUT2D eigenvalue weighted by Gasteiger charge is -2.25. The van der Waals surface area contributed by atoms with Crippen LogP contribution in [0.25, 0.3) is 0 Å². The first kappa shape index (κ1) is 69.7. The standard InChI is InChI=1S/C62H121N2O6P/c1-6-8-10-12-14-16-18-20-22-24-26-28-30-31-32-34-35-37-39-41-43-45-47-49-51-53-55-61(65)60(59-70-71(67,68)69-58-57-64(3,4)5)63-62(66)56-54-52-50-48-46-44-42-40-38-36-33-29-27-25-23-21-19-17-15-13-11-9-7-2/h25,27,45,47,53,55,60-61,65H,6-24,26,28-44,46,48-52,54,56-59H2,1-5H3,(H-,63,66,67,68)/p+1/b27-25-,47-45+,55-53+. The number of unbranched alkanes of at least 4 members (excludes halogenated alkanes) is 40. The zero-order valence-corrected chi connectivity index (χ0v) is 48.9. The molecule has 0 aromatic carbocycles. The van der Waals surface area contributed by atoms with Crippen LogP contribution in [0.4, 0.5) is 0 Å². The number of quaternary nitrogens is 1. The molecular formula is C62H122N2O6P+. The van der Waals surface area contributed by atoms with Crippen molar-refractivity contribution in [3.8, 4) is 0 Å². The average molecular weight is 1020 g/mol. The largest absolute Gasteiger partial charge is 0.472 e. The van der Waals surface area contributed by atoms with Gasteiger partial charge in [0.15, 0.2) is 0 Å². The minimum atomic E-state index is -4.36. The summed E-state index contributed by atoms with van der Waals surface area (Å²) in [4.78, 5) is 23.3. The third kappa shape index (κ3) is 56.3. The Hall–Kier alpha value is -1.28. The number of aliphatic hydroxyl groups excluding tert-OH is 1. The molecule has 1 amide bonds. The maximum atomic E-state index is 13.0. The van der Waals surface area contributed by atoms with Crippen LogP contribution >= 0.6 is 7.82 Å². The van der Waals surface area contributed by atoms with Crippen molar-refractivity contribution in [1.82, 2.24) is 5.32 Å². The number of phosphoric acid groups is 1. The first-order valence-corrected chi connectivity index (χ1v) is 32.4. The molecular weight excluding hydrogens is 900 g/mol. The van der Waals surface area contributed by atoms with E-state index in [0.717, 1.165) is 38.5 Å². The van der Waals surface area contributed by atoms with Gasteiger partial charge in [-0.3, -0.25) is 13.8 Å². The Morgan fingerprint density at radius 2 is 0.775 bits per heavy atom. The van der Waals surface area contributed by atoms with Crippen LogP contribution in [0.5, 0.6) is 0 Å². The number of aliphatic hydroxyl groups is 1. The summed E-state index contributed by atoms with van der Waals surface area (Å²) in [6, 6.07) is -0.864. The van der Waals surface area contributed by atoms with Crippen LogP contribution < -0.4 is 5.32 Å². The lowest BCUT2D eigenvalue weighted by atomic mass is 10.0. The predicted molar refractivity (Wildman–Crippen MR) is 309 cm³/mol. The topological polar surface area (TPSA) is 105 Å². The van der Waals surface area contributed by atoms with Gasteiger partial charge in [0.1, 0.15) is 13.2 Å². The number of nitrogens with one attached hydrogen (secondary N) is 1. The molecule has 0 aliphatic carbocycles. The van der Waals surface area contributed by atoms with E-state index in [1.54, 1.807) is 6.08 Å². The van der Waals surface area contributed by atoms with Gasteiger partial charge in [0, 0.05) is 6.42 Å². The van der Waals surface area contributed by atoms with Gasteiger partial charge in [-0.05, 0) is 57.8 Å². The second kappa shape index (κ2) is 53.5. The highest BCUT2D eigenvalue weighted by Crippen LogP contribution is 2.43. The quantitative estimate of drug-likeness (QED) is 0.0243. The van der Waals surface area contributed by atoms with Crippen molar-refractivity contribution in [1.29, 1.82) is 0 Å². The van der Waals surface area contributed by atoms with E-state index in [4.69, 9.17) is 9.05 Å². The van der Waals surface area contributed by atoms with E-state index < -0.39 is 20.0 Å². The van der Waals surface area contributed by atoms with Gasteiger partial charge in [0.05, 0.1) is 39.9 Å². The monoisotopic (exact) mass is 1020 g/mol. The molecule has 0 spiro atoms. The molecule has 0 fully saturated rings. The molecule has 8 nitrogen and oxygen atoms in total. The highest BCUT2D eigenvalue weighted by atomic mass is 31.2. The molecule has 0 aliphatic rings. The van der Waals surface area contributed by atoms with Gasteiger partial charge < -0.3 is 19.8 Å². The molecule has 0 saturated heterocycles. The van der Waals surface area contributed by atoms with Gasteiger partial charge >= 0.3 is 7.82 Å². The van der Waals surface area contributed by atoms with E-state index in [0.29, 0.717) is 17.4 Å². The number of nitrogens with zero attached hydrogens (tertiary/aromatic N) is 1. The van der Waals surface area contributed by atoms with Crippen LogP contribution in [0, 0.1) is 0 Å². The molecule has 0 aromatic heterocycles. The summed E-state index contributed by atoms with van der Waals surface area (Å²) in [7, 11) is 1.56. The van der Waals surface area contributed by atoms with Gasteiger partial charge in [-0.1, -0.05) is 275 Å². The number of likely N-dealkylation sites (N-methyl/N-ethyl adjacent to an activating group) is 1. The van der Waals surface area contributed by atoms with Gasteiger partial charge in [0.25, 0.3) is 0 Å². The van der Waals surface area contributed by atoms with Crippen LogP contribution in [0.1, 0.15) is 303 Å². The Morgan fingerprint density at radius 1 is 0.465 bits per heavy atom. The third-order valence-electron chi connectivity index (χ3n) is 14.1. The lowest BCUT2D eigenvalue weighted by Crippen LogP contribution is -2.45. The number of carbonyl (C=O) groups excluding carboxylic acids is 1. The Kier molecular flexibility index (Phi) is 52.6. The molecule has 0 radical (unpaired) electrons. The minimum absolute atomic E-state index is 0.0570. The zero-order valence-electron chi connectivity index (χ0n) is 48.0. The van der Waals surface area contributed by atoms with Crippen molar-refractivity contribution >= 4 is 13.7 Å². The number of rotatable bonds is 57. The smallest absolute Gasteiger partial charge is 0.387 e. The second-order valence-electron chi connectivity index (χ2n) is 22.4. The maximum absolute atomic E-state index is 13.0. The fraction of sp³-hybridized carbons (Fsp3) is 0.887. The Bertz CT molecular complexity index is 1250. The molecule has 0 rings (SSSR count). The second-order valence-corrected chi connectivity index (χ2v) is 23.9. The van der Waals surface area contributed by atoms with Crippen molar-refractivity contribution in [2.45, 2.75) is 315 Å². The van der Waals surface area contributed by atoms with Gasteiger partial charge in [-0.2, -0.15) is 0 Å². The molecule has 9 heteroatoms. The van der Waals surface area contributed by atoms with Crippen molar-refractivity contribution in [2.24, 2.45) is 0 Å². The molecule has 0 bridgehead atoms. The molecule has 0 aliphatic heterocycles. The third-order valence-corrected chi connectivity index (χ3v) is 15.1. The summed E-state index contributed by atoms with van der Waals surface area (Å²) in [6.45, 7) is 4.84. The van der Waals surface area contributed by atoms with E-state index in [-0.39, 0.29) is 19.1 Å². The van der Waals surface area contributed by atoms with Gasteiger partial charge in [0.2, 0.25) is 5.91 Å². The van der Waals surface area contributed by atoms with Crippen molar-refractivity contribution < 1.29 is 32.9 Å². The summed E-state index contributed by atoms with van der Waals surface area (Å²) in [5, 5.41) is 13.9. The molecule has 0 aromatic rings. The Balaban J connectivity index is 4.20. The lowest BCUT2D eigenvalue weighted by molar-refractivity contribution is -0.870. The van der Waals surface area contributed by atoms with E-state index in [9.17, 15) is 19.4 Å². The molecule has 3 unspecified atom stereocenters. The average Bonchev–Trinajstić information content (AvgIpc) is 3.33. The number of hydrogen-bond acceptors (Lipinski definition) is 5. The van der Waals surface area contributed by atoms with Crippen molar-refractivity contribution in [3.63, 3.8) is 0 Å². The Morgan fingerprint density at radius 3 is 1.13 bits per heavy atom. The fourth-order valence-corrected chi connectivity index (χ4v) is 9.97. The van der Waals surface area contributed by atoms with Crippen LogP contribution in [0.3, 0.4) is 0 Å². The molecule has 3 N–H and O–H groups in total. The van der Waals surface area contributed by atoms with Crippen LogP contribution in [-0.4, -0.2) is 73.4 Å². The molecule has 0 heterocycles. The van der Waals surface area contributed by atoms with Crippen molar-refractivity contribution in [2.75, 3.05) is 40.9 Å². The maximum Gasteiger partial charge on any atom is 0.472 e. The van der Waals surface area contributed by atoms with Gasteiger partial charge in [-0.15, -0.1) is 0 Å². The number of allylic oxidation sites excluding steroid dienone is 5. The fourth-order valence-electron chi connectivity index (χ4n) is 9.23.